The average Bonchev–Trinajstić information content (AvgIpc) is 3.35. The maximum Gasteiger partial charge on any atom is 0.175 e. The van der Waals surface area contributed by atoms with Gasteiger partial charge in [-0.1, -0.05) is 13.0 Å². The second kappa shape index (κ2) is 7.74. The third-order valence-electron chi connectivity index (χ3n) is 5.16. The molecule has 4 rings (SSSR count). The summed E-state index contributed by atoms with van der Waals surface area (Å²) < 4.78 is 53.9. The maximum atomic E-state index is 14.7. The number of halogens is 2. The van der Waals surface area contributed by atoms with Crippen LogP contribution in [0.4, 0.5) is 8.78 Å². The molecule has 7 nitrogen and oxygen atoms in total. The second-order valence-corrected chi connectivity index (χ2v) is 10.4. The second-order valence-electron chi connectivity index (χ2n) is 7.32. The summed E-state index contributed by atoms with van der Waals surface area (Å²) in [6, 6.07) is 7.57. The van der Waals surface area contributed by atoms with Crippen molar-refractivity contribution in [3.63, 3.8) is 0 Å². The van der Waals surface area contributed by atoms with Gasteiger partial charge >= 0.3 is 0 Å². The van der Waals surface area contributed by atoms with Gasteiger partial charge in [0.1, 0.15) is 29.9 Å². The molecule has 0 aliphatic heterocycles. The molecule has 0 radical (unpaired) electrons. The van der Waals surface area contributed by atoms with E-state index in [1.165, 1.54) is 46.9 Å². The summed E-state index contributed by atoms with van der Waals surface area (Å²) in [4.78, 5) is 8.54. The van der Waals surface area contributed by atoms with Gasteiger partial charge in [0.05, 0.1) is 26.7 Å². The van der Waals surface area contributed by atoms with E-state index in [1.54, 1.807) is 13.0 Å². The fourth-order valence-electron chi connectivity index (χ4n) is 3.40. The Kier molecular flexibility index (Phi) is 5.36. The van der Waals surface area contributed by atoms with Gasteiger partial charge in [-0.05, 0) is 24.3 Å². The standard InChI is InChI=1S/C20H18F2N4O3S2/c1-12(19-25-17-6-4-14(31(2,28)29)8-18(17)30-19)20(27,9-26-11-23-10-24-26)15-5-3-13(21)7-16(15)22/h3-8,10-12,27H,9H2,1-2H3/t12-,20+/m0/s1. The van der Waals surface area contributed by atoms with E-state index in [9.17, 15) is 22.3 Å². The molecule has 2 heterocycles. The molecule has 0 amide bonds. The SMILES string of the molecule is C[C@@H](c1nc2ccc(S(C)(=O)=O)cc2s1)[C@](O)(Cn1cncn1)c1ccc(F)cc1F. The van der Waals surface area contributed by atoms with Crippen molar-refractivity contribution in [2.45, 2.75) is 29.9 Å². The Morgan fingerprint density at radius 2 is 2.00 bits per heavy atom. The fraction of sp³-hybridized carbons (Fsp3) is 0.250. The molecule has 4 aromatic rings. The zero-order valence-electron chi connectivity index (χ0n) is 16.5. The first-order chi connectivity index (χ1) is 14.6. The van der Waals surface area contributed by atoms with Crippen LogP contribution >= 0.6 is 11.3 Å². The van der Waals surface area contributed by atoms with Crippen LogP contribution in [0, 0.1) is 11.6 Å². The van der Waals surface area contributed by atoms with Gasteiger partial charge in [0, 0.05) is 23.8 Å². The number of hydrogen-bond acceptors (Lipinski definition) is 7. The lowest BCUT2D eigenvalue weighted by atomic mass is 9.82. The van der Waals surface area contributed by atoms with Crippen molar-refractivity contribution in [1.82, 2.24) is 19.7 Å². The molecule has 0 spiro atoms. The van der Waals surface area contributed by atoms with Gasteiger partial charge in [-0.25, -0.2) is 31.8 Å². The van der Waals surface area contributed by atoms with Crippen LogP contribution in [0.5, 0.6) is 0 Å². The van der Waals surface area contributed by atoms with Crippen molar-refractivity contribution in [2.24, 2.45) is 0 Å². The van der Waals surface area contributed by atoms with Crippen molar-refractivity contribution in [3.05, 3.63) is 71.3 Å². The zero-order valence-corrected chi connectivity index (χ0v) is 18.2. The van der Waals surface area contributed by atoms with E-state index in [4.69, 9.17) is 0 Å². The predicted octanol–water partition coefficient (Wildman–Crippen LogP) is 3.26. The molecular formula is C20H18F2N4O3S2. The number of thiazole rings is 1. The topological polar surface area (TPSA) is 98.0 Å². The summed E-state index contributed by atoms with van der Waals surface area (Å²) in [6.45, 7) is 1.52. The third-order valence-corrected chi connectivity index (χ3v) is 7.47. The summed E-state index contributed by atoms with van der Waals surface area (Å²) in [5, 5.41) is 16.1. The largest absolute Gasteiger partial charge is 0.382 e. The van der Waals surface area contributed by atoms with E-state index in [0.29, 0.717) is 21.3 Å². The molecule has 1 N–H and O–H groups in total. The summed E-state index contributed by atoms with van der Waals surface area (Å²) in [5.74, 6) is -2.39. The normalized spacial score (nSPS) is 15.1. The Hall–Kier alpha value is -2.76. The van der Waals surface area contributed by atoms with Crippen LogP contribution in [0.1, 0.15) is 23.4 Å². The number of aromatic nitrogens is 4. The molecule has 0 aliphatic carbocycles. The average molecular weight is 465 g/mol. The Bertz CT molecular complexity index is 1360. The van der Waals surface area contributed by atoms with E-state index in [-0.39, 0.29) is 17.0 Å². The van der Waals surface area contributed by atoms with Crippen LogP contribution in [-0.2, 0) is 22.0 Å². The minimum absolute atomic E-state index is 0.104. The van der Waals surface area contributed by atoms with Crippen LogP contribution in [0.2, 0.25) is 0 Å². The maximum absolute atomic E-state index is 14.7. The quantitative estimate of drug-likeness (QED) is 0.470. The smallest absolute Gasteiger partial charge is 0.175 e. The van der Waals surface area contributed by atoms with Gasteiger partial charge in [0.25, 0.3) is 0 Å². The number of rotatable bonds is 6. The van der Waals surface area contributed by atoms with Gasteiger partial charge < -0.3 is 5.11 Å². The van der Waals surface area contributed by atoms with E-state index >= 15 is 0 Å². The molecule has 2 aromatic carbocycles. The van der Waals surface area contributed by atoms with Gasteiger partial charge in [-0.15, -0.1) is 11.3 Å². The van der Waals surface area contributed by atoms with Crippen molar-refractivity contribution in [2.75, 3.05) is 6.26 Å². The molecule has 31 heavy (non-hydrogen) atoms. The fourth-order valence-corrected chi connectivity index (χ4v) is 5.27. The highest BCUT2D eigenvalue weighted by atomic mass is 32.2. The van der Waals surface area contributed by atoms with E-state index in [1.807, 2.05) is 0 Å². The number of sulfone groups is 1. The highest BCUT2D eigenvalue weighted by molar-refractivity contribution is 7.90. The molecule has 0 unspecified atom stereocenters. The minimum atomic E-state index is -3.39. The molecule has 0 aliphatic rings. The van der Waals surface area contributed by atoms with Crippen LogP contribution in [-0.4, -0.2) is 39.5 Å². The summed E-state index contributed by atoms with van der Waals surface area (Å²) in [5.41, 5.74) is -1.38. The van der Waals surface area contributed by atoms with E-state index < -0.39 is 33.0 Å². The Morgan fingerprint density at radius 3 is 2.65 bits per heavy atom. The van der Waals surface area contributed by atoms with Gasteiger partial charge in [-0.3, -0.25) is 0 Å². The Balaban J connectivity index is 1.83. The highest BCUT2D eigenvalue weighted by Crippen LogP contribution is 2.42. The monoisotopic (exact) mass is 464 g/mol. The predicted molar refractivity (Wildman–Crippen MR) is 111 cm³/mol. The molecule has 0 saturated carbocycles. The lowest BCUT2D eigenvalue weighted by molar-refractivity contribution is -0.0112. The highest BCUT2D eigenvalue weighted by Gasteiger charge is 2.41. The number of nitrogens with zero attached hydrogens (tertiary/aromatic N) is 4. The van der Waals surface area contributed by atoms with Gasteiger partial charge in [0.2, 0.25) is 0 Å². The first-order valence-electron chi connectivity index (χ1n) is 9.19. The molecule has 0 bridgehead atoms. The van der Waals surface area contributed by atoms with Crippen molar-refractivity contribution in [1.29, 1.82) is 0 Å². The minimum Gasteiger partial charge on any atom is -0.382 e. The molecular weight excluding hydrogens is 446 g/mol. The number of benzene rings is 2. The first kappa shape index (κ1) is 21.5. The summed E-state index contributed by atoms with van der Waals surface area (Å²) in [7, 11) is -3.39. The van der Waals surface area contributed by atoms with Crippen LogP contribution in [0.3, 0.4) is 0 Å². The van der Waals surface area contributed by atoms with Crippen molar-refractivity contribution < 1.29 is 22.3 Å². The lowest BCUT2D eigenvalue weighted by Gasteiger charge is -2.33. The van der Waals surface area contributed by atoms with Crippen molar-refractivity contribution in [3.8, 4) is 0 Å². The first-order valence-corrected chi connectivity index (χ1v) is 11.9. The third kappa shape index (κ3) is 4.08. The number of hydrogen-bond donors (Lipinski definition) is 1. The Morgan fingerprint density at radius 1 is 1.23 bits per heavy atom. The molecule has 162 valence electrons. The van der Waals surface area contributed by atoms with E-state index in [0.717, 1.165) is 12.3 Å². The Labute approximate surface area is 180 Å². The zero-order chi connectivity index (χ0) is 22.4. The molecule has 0 fully saturated rings. The van der Waals surface area contributed by atoms with Crippen LogP contribution in [0.25, 0.3) is 10.2 Å². The molecule has 11 heteroatoms. The molecule has 0 saturated heterocycles. The van der Waals surface area contributed by atoms with Gasteiger partial charge in [-0.2, -0.15) is 5.10 Å². The molecule has 2 aromatic heterocycles. The van der Waals surface area contributed by atoms with Crippen molar-refractivity contribution >= 4 is 31.4 Å². The number of aliphatic hydroxyl groups is 1. The van der Waals surface area contributed by atoms with Gasteiger partial charge in [0.15, 0.2) is 9.84 Å². The molecule has 2 atom stereocenters. The van der Waals surface area contributed by atoms with E-state index in [2.05, 4.69) is 15.1 Å². The van der Waals surface area contributed by atoms with Crippen LogP contribution in [0.15, 0.2) is 53.9 Å². The number of fused-ring (bicyclic) bond motifs is 1. The van der Waals surface area contributed by atoms with Crippen LogP contribution < -0.4 is 0 Å². The lowest BCUT2D eigenvalue weighted by Crippen LogP contribution is -2.38. The summed E-state index contributed by atoms with van der Waals surface area (Å²) in [6.07, 6.45) is 3.79. The summed E-state index contributed by atoms with van der Waals surface area (Å²) >= 11 is 1.20.